The lowest BCUT2D eigenvalue weighted by Crippen LogP contribution is -2.59. The van der Waals surface area contributed by atoms with E-state index in [0.717, 1.165) is 12.5 Å². The van der Waals surface area contributed by atoms with E-state index in [1.165, 1.54) is 38.6 Å². The number of piperidine rings is 1. The van der Waals surface area contributed by atoms with E-state index in [-0.39, 0.29) is 5.41 Å². The molecule has 1 rings (SSSR count). The molecular weight excluding hydrogens is 220 g/mol. The fourth-order valence-electron chi connectivity index (χ4n) is 3.64. The minimum absolute atomic E-state index is 0.277. The van der Waals surface area contributed by atoms with Crippen molar-refractivity contribution in [2.45, 2.75) is 91.3 Å². The molecule has 0 aromatic carbocycles. The van der Waals surface area contributed by atoms with Crippen LogP contribution >= 0.6 is 0 Å². The molecule has 0 radical (unpaired) electrons. The van der Waals surface area contributed by atoms with Crippen LogP contribution in [-0.4, -0.2) is 29.6 Å². The number of hydrogen-bond donors (Lipinski definition) is 1. The molecule has 1 saturated heterocycles. The van der Waals surface area contributed by atoms with E-state index in [1.54, 1.807) is 0 Å². The zero-order chi connectivity index (χ0) is 13.8. The Bertz CT molecular complexity index is 230. The Balaban J connectivity index is 2.87. The molecule has 3 atom stereocenters. The van der Waals surface area contributed by atoms with E-state index in [9.17, 15) is 0 Å². The maximum atomic E-state index is 6.45. The van der Waals surface area contributed by atoms with Crippen molar-refractivity contribution in [1.82, 2.24) is 4.90 Å². The van der Waals surface area contributed by atoms with Crippen molar-refractivity contribution in [2.24, 2.45) is 11.1 Å². The first-order chi connectivity index (χ1) is 8.41. The fraction of sp³-hybridized carbons (Fsp3) is 1.00. The molecular formula is C16H34N2. The smallest absolute Gasteiger partial charge is 0.0298 e. The average Bonchev–Trinajstić information content (AvgIpc) is 2.30. The van der Waals surface area contributed by atoms with Gasteiger partial charge in [-0.2, -0.15) is 0 Å². The first kappa shape index (κ1) is 16.0. The molecule has 1 heterocycles. The SMILES string of the molecule is CCCC1CCCCN1C(C(N)CC)C(C)(C)C. The molecule has 0 saturated carbocycles. The van der Waals surface area contributed by atoms with Crippen LogP contribution in [0.25, 0.3) is 0 Å². The summed E-state index contributed by atoms with van der Waals surface area (Å²) in [5.74, 6) is 0. The molecule has 3 unspecified atom stereocenters. The van der Waals surface area contributed by atoms with Gasteiger partial charge in [-0.05, 0) is 37.6 Å². The van der Waals surface area contributed by atoms with Crippen LogP contribution in [0.2, 0.25) is 0 Å². The molecule has 0 aliphatic carbocycles. The number of likely N-dealkylation sites (tertiary alicyclic amines) is 1. The van der Waals surface area contributed by atoms with Crippen molar-refractivity contribution in [2.75, 3.05) is 6.54 Å². The van der Waals surface area contributed by atoms with Gasteiger partial charge in [0, 0.05) is 18.1 Å². The second kappa shape index (κ2) is 6.91. The van der Waals surface area contributed by atoms with Gasteiger partial charge in [0.05, 0.1) is 0 Å². The summed E-state index contributed by atoms with van der Waals surface area (Å²) in [5, 5.41) is 0. The molecule has 0 spiro atoms. The van der Waals surface area contributed by atoms with Crippen molar-refractivity contribution >= 4 is 0 Å². The molecule has 2 N–H and O–H groups in total. The second-order valence-corrected chi connectivity index (χ2v) is 7.06. The normalized spacial score (nSPS) is 26.0. The lowest BCUT2D eigenvalue weighted by atomic mass is 9.78. The van der Waals surface area contributed by atoms with Crippen molar-refractivity contribution in [3.05, 3.63) is 0 Å². The van der Waals surface area contributed by atoms with E-state index in [1.807, 2.05) is 0 Å². The Kier molecular flexibility index (Phi) is 6.13. The Morgan fingerprint density at radius 2 is 1.89 bits per heavy atom. The zero-order valence-corrected chi connectivity index (χ0v) is 13.2. The summed E-state index contributed by atoms with van der Waals surface area (Å²) in [7, 11) is 0. The summed E-state index contributed by atoms with van der Waals surface area (Å²) in [6, 6.07) is 1.60. The first-order valence-corrected chi connectivity index (χ1v) is 7.93. The summed E-state index contributed by atoms with van der Waals surface area (Å²) < 4.78 is 0. The highest BCUT2D eigenvalue weighted by Crippen LogP contribution is 2.33. The highest BCUT2D eigenvalue weighted by atomic mass is 15.2. The monoisotopic (exact) mass is 254 g/mol. The minimum Gasteiger partial charge on any atom is -0.326 e. The van der Waals surface area contributed by atoms with Gasteiger partial charge in [-0.3, -0.25) is 4.90 Å². The predicted octanol–water partition coefficient (Wildman–Crippen LogP) is 3.79. The number of nitrogens with zero attached hydrogens (tertiary/aromatic N) is 1. The summed E-state index contributed by atoms with van der Waals surface area (Å²) in [5.41, 5.74) is 6.73. The lowest BCUT2D eigenvalue weighted by Gasteiger charge is -2.49. The quantitative estimate of drug-likeness (QED) is 0.808. The van der Waals surface area contributed by atoms with Gasteiger partial charge in [-0.25, -0.2) is 0 Å². The van der Waals surface area contributed by atoms with Gasteiger partial charge in [-0.15, -0.1) is 0 Å². The Hall–Kier alpha value is -0.0800. The average molecular weight is 254 g/mol. The summed E-state index contributed by atoms with van der Waals surface area (Å²) in [6.45, 7) is 12.8. The lowest BCUT2D eigenvalue weighted by molar-refractivity contribution is 0.0145. The van der Waals surface area contributed by atoms with E-state index in [4.69, 9.17) is 5.73 Å². The number of hydrogen-bond acceptors (Lipinski definition) is 2. The highest BCUT2D eigenvalue weighted by Gasteiger charge is 2.38. The van der Waals surface area contributed by atoms with Gasteiger partial charge in [-0.1, -0.05) is 47.5 Å². The third-order valence-electron chi connectivity index (χ3n) is 4.42. The Morgan fingerprint density at radius 3 is 2.39 bits per heavy atom. The molecule has 1 aliphatic rings. The Labute approximate surface area is 114 Å². The fourth-order valence-corrected chi connectivity index (χ4v) is 3.64. The topological polar surface area (TPSA) is 29.3 Å². The first-order valence-electron chi connectivity index (χ1n) is 7.93. The molecule has 2 heteroatoms. The summed E-state index contributed by atoms with van der Waals surface area (Å²) in [4.78, 5) is 2.75. The molecule has 1 fully saturated rings. The molecule has 2 nitrogen and oxygen atoms in total. The van der Waals surface area contributed by atoms with E-state index >= 15 is 0 Å². The molecule has 0 amide bonds. The van der Waals surface area contributed by atoms with Crippen LogP contribution in [0.4, 0.5) is 0 Å². The molecule has 108 valence electrons. The molecule has 0 aromatic heterocycles. The predicted molar refractivity (Wildman–Crippen MR) is 80.8 cm³/mol. The van der Waals surface area contributed by atoms with Crippen LogP contribution in [0.5, 0.6) is 0 Å². The molecule has 18 heavy (non-hydrogen) atoms. The van der Waals surface area contributed by atoms with Crippen LogP contribution in [0.1, 0.15) is 73.1 Å². The molecule has 1 aliphatic heterocycles. The van der Waals surface area contributed by atoms with E-state index < -0.39 is 0 Å². The molecule has 0 aromatic rings. The van der Waals surface area contributed by atoms with Crippen molar-refractivity contribution in [3.8, 4) is 0 Å². The third kappa shape index (κ3) is 3.96. The second-order valence-electron chi connectivity index (χ2n) is 7.06. The Morgan fingerprint density at radius 1 is 1.22 bits per heavy atom. The highest BCUT2D eigenvalue weighted by molar-refractivity contribution is 4.94. The maximum absolute atomic E-state index is 6.45. The largest absolute Gasteiger partial charge is 0.326 e. The van der Waals surface area contributed by atoms with Crippen LogP contribution in [0.15, 0.2) is 0 Å². The number of nitrogens with two attached hydrogens (primary N) is 1. The van der Waals surface area contributed by atoms with Crippen LogP contribution < -0.4 is 5.73 Å². The third-order valence-corrected chi connectivity index (χ3v) is 4.42. The minimum atomic E-state index is 0.277. The van der Waals surface area contributed by atoms with Crippen LogP contribution in [-0.2, 0) is 0 Å². The van der Waals surface area contributed by atoms with E-state index in [0.29, 0.717) is 12.1 Å². The van der Waals surface area contributed by atoms with Gasteiger partial charge in [0.25, 0.3) is 0 Å². The van der Waals surface area contributed by atoms with Gasteiger partial charge in [0.2, 0.25) is 0 Å². The van der Waals surface area contributed by atoms with Gasteiger partial charge >= 0.3 is 0 Å². The van der Waals surface area contributed by atoms with Gasteiger partial charge in [0.15, 0.2) is 0 Å². The summed E-state index contributed by atoms with van der Waals surface area (Å²) >= 11 is 0. The van der Waals surface area contributed by atoms with E-state index in [2.05, 4.69) is 39.5 Å². The number of rotatable bonds is 5. The maximum Gasteiger partial charge on any atom is 0.0298 e. The van der Waals surface area contributed by atoms with Crippen molar-refractivity contribution in [3.63, 3.8) is 0 Å². The van der Waals surface area contributed by atoms with Crippen LogP contribution in [0.3, 0.4) is 0 Å². The van der Waals surface area contributed by atoms with Gasteiger partial charge < -0.3 is 5.73 Å². The zero-order valence-electron chi connectivity index (χ0n) is 13.2. The molecule has 0 bridgehead atoms. The van der Waals surface area contributed by atoms with Crippen molar-refractivity contribution in [1.29, 1.82) is 0 Å². The summed E-state index contributed by atoms with van der Waals surface area (Å²) in [6.07, 6.45) is 7.83. The van der Waals surface area contributed by atoms with Crippen LogP contribution in [0, 0.1) is 5.41 Å². The van der Waals surface area contributed by atoms with Gasteiger partial charge in [0.1, 0.15) is 0 Å². The standard InChI is InChI=1S/C16H34N2/c1-6-10-13-11-8-9-12-18(13)15(14(17)7-2)16(3,4)5/h13-15H,6-12,17H2,1-5H3. The van der Waals surface area contributed by atoms with Crippen molar-refractivity contribution < 1.29 is 0 Å².